The molecule has 3 rings (SSSR count). The molecule has 0 amide bonds. The van der Waals surface area contributed by atoms with Crippen LogP contribution in [0.25, 0.3) is 0 Å². The molecular weight excluding hydrogens is 238 g/mol. The van der Waals surface area contributed by atoms with Gasteiger partial charge in [-0.05, 0) is 46.5 Å². The molecule has 3 nitrogen and oxygen atoms in total. The first-order valence-electron chi connectivity index (χ1n) is 7.45. The predicted octanol–water partition coefficient (Wildman–Crippen LogP) is 3.10. The number of hydrogen-bond acceptors (Lipinski definition) is 3. The van der Waals surface area contributed by atoms with Crippen LogP contribution in [-0.2, 0) is 9.63 Å². The van der Waals surface area contributed by atoms with Crippen LogP contribution in [-0.4, -0.2) is 28.0 Å². The van der Waals surface area contributed by atoms with Crippen molar-refractivity contribution in [3.8, 4) is 0 Å². The molecule has 19 heavy (non-hydrogen) atoms. The normalized spacial score (nSPS) is 40.0. The Balaban J connectivity index is 1.78. The minimum atomic E-state index is -0.204. The fourth-order valence-electron chi connectivity index (χ4n) is 4.26. The molecular formula is C16H25NO2. The molecule has 1 saturated heterocycles. The van der Waals surface area contributed by atoms with Gasteiger partial charge in [0.25, 0.3) is 0 Å². The fourth-order valence-corrected chi connectivity index (χ4v) is 4.26. The second kappa shape index (κ2) is 4.16. The third kappa shape index (κ3) is 2.27. The molecule has 3 atom stereocenters. The molecule has 0 radical (unpaired) electrons. The molecule has 0 aromatic rings. The van der Waals surface area contributed by atoms with E-state index in [2.05, 4.69) is 44.9 Å². The van der Waals surface area contributed by atoms with Gasteiger partial charge < -0.3 is 0 Å². The summed E-state index contributed by atoms with van der Waals surface area (Å²) in [5, 5.41) is 2.13. The van der Waals surface area contributed by atoms with Crippen LogP contribution in [0.15, 0.2) is 12.2 Å². The average molecular weight is 263 g/mol. The maximum absolute atomic E-state index is 11.9. The van der Waals surface area contributed by atoms with E-state index in [9.17, 15) is 4.79 Å². The lowest BCUT2D eigenvalue weighted by Gasteiger charge is -2.51. The van der Waals surface area contributed by atoms with Crippen LogP contribution >= 0.6 is 0 Å². The molecule has 2 bridgehead atoms. The SMILES string of the molecule is CC1(C)CC(=O)CC(C)(C)N1OC1CC2C=CC1C2. The predicted molar refractivity (Wildman–Crippen MR) is 74.5 cm³/mol. The second-order valence-corrected chi connectivity index (χ2v) is 7.74. The molecule has 0 N–H and O–H groups in total. The Kier molecular flexibility index (Phi) is 2.92. The van der Waals surface area contributed by atoms with E-state index in [0.717, 1.165) is 6.42 Å². The Morgan fingerprint density at radius 1 is 1.11 bits per heavy atom. The number of hydrogen-bond donors (Lipinski definition) is 0. The van der Waals surface area contributed by atoms with Crippen LogP contribution in [0.2, 0.25) is 0 Å². The number of carbonyl (C=O) groups excluding carboxylic acids is 1. The number of fused-ring (bicyclic) bond motifs is 2. The maximum atomic E-state index is 11.9. The number of allylic oxidation sites excluding steroid dienone is 1. The first-order valence-corrected chi connectivity index (χ1v) is 7.45. The summed E-state index contributed by atoms with van der Waals surface area (Å²) >= 11 is 0. The molecule has 2 aliphatic carbocycles. The number of carbonyl (C=O) groups is 1. The van der Waals surface area contributed by atoms with E-state index < -0.39 is 0 Å². The zero-order valence-corrected chi connectivity index (χ0v) is 12.5. The van der Waals surface area contributed by atoms with Crippen LogP contribution in [0.3, 0.4) is 0 Å². The zero-order valence-electron chi connectivity index (χ0n) is 12.5. The molecule has 106 valence electrons. The summed E-state index contributed by atoms with van der Waals surface area (Å²) < 4.78 is 0. The topological polar surface area (TPSA) is 29.5 Å². The summed E-state index contributed by atoms with van der Waals surface area (Å²) in [4.78, 5) is 18.3. The number of ketones is 1. The summed E-state index contributed by atoms with van der Waals surface area (Å²) in [7, 11) is 0. The lowest BCUT2D eigenvalue weighted by Crippen LogP contribution is -2.61. The van der Waals surface area contributed by atoms with E-state index in [-0.39, 0.29) is 11.1 Å². The van der Waals surface area contributed by atoms with Gasteiger partial charge in [0.05, 0.1) is 6.10 Å². The van der Waals surface area contributed by atoms with Crippen LogP contribution in [0, 0.1) is 11.8 Å². The van der Waals surface area contributed by atoms with Gasteiger partial charge in [0.1, 0.15) is 5.78 Å². The molecule has 3 aliphatic rings. The Bertz CT molecular complexity index is 404. The van der Waals surface area contributed by atoms with Crippen LogP contribution < -0.4 is 0 Å². The lowest BCUT2D eigenvalue weighted by atomic mass is 9.81. The minimum absolute atomic E-state index is 0.204. The third-order valence-electron chi connectivity index (χ3n) is 4.82. The molecule has 1 saturated carbocycles. The van der Waals surface area contributed by atoms with E-state index in [0.29, 0.717) is 36.6 Å². The summed E-state index contributed by atoms with van der Waals surface area (Å²) in [6, 6.07) is 0. The van der Waals surface area contributed by atoms with Gasteiger partial charge in [0, 0.05) is 29.8 Å². The highest BCUT2D eigenvalue weighted by Crippen LogP contribution is 2.44. The van der Waals surface area contributed by atoms with Crippen LogP contribution in [0.1, 0.15) is 53.4 Å². The standard InChI is InChI=1S/C16H25NO2/c1-15(2)9-13(18)10-16(3,4)17(15)19-14-8-11-5-6-12(14)7-11/h5-6,11-12,14H,7-10H2,1-4H3. The monoisotopic (exact) mass is 263 g/mol. The summed E-state index contributed by atoms with van der Waals surface area (Å²) in [5.41, 5.74) is -0.408. The first kappa shape index (κ1) is 13.3. The number of Topliss-reactive ketones (excluding diaryl/α,β-unsaturated/α-hetero) is 1. The minimum Gasteiger partial charge on any atom is -0.300 e. The fraction of sp³-hybridized carbons (Fsp3) is 0.812. The van der Waals surface area contributed by atoms with Crippen molar-refractivity contribution in [2.24, 2.45) is 11.8 Å². The van der Waals surface area contributed by atoms with Gasteiger partial charge in [0.2, 0.25) is 0 Å². The molecule has 0 spiro atoms. The Labute approximate surface area is 115 Å². The van der Waals surface area contributed by atoms with Crippen molar-refractivity contribution in [2.75, 3.05) is 0 Å². The van der Waals surface area contributed by atoms with Gasteiger partial charge in [-0.2, -0.15) is 5.06 Å². The maximum Gasteiger partial charge on any atom is 0.136 e. The highest BCUT2D eigenvalue weighted by atomic mass is 16.7. The summed E-state index contributed by atoms with van der Waals surface area (Å²) in [5.74, 6) is 1.64. The average Bonchev–Trinajstić information content (AvgIpc) is 2.83. The van der Waals surface area contributed by atoms with Crippen molar-refractivity contribution in [1.82, 2.24) is 5.06 Å². The molecule has 1 aliphatic heterocycles. The Hall–Kier alpha value is -0.670. The summed E-state index contributed by atoms with van der Waals surface area (Å²) in [6.07, 6.45) is 8.52. The van der Waals surface area contributed by atoms with Gasteiger partial charge in [-0.1, -0.05) is 12.2 Å². The molecule has 1 heterocycles. The van der Waals surface area contributed by atoms with Crippen LogP contribution in [0.4, 0.5) is 0 Å². The Morgan fingerprint density at radius 2 is 1.74 bits per heavy atom. The second-order valence-electron chi connectivity index (χ2n) is 7.74. The summed E-state index contributed by atoms with van der Waals surface area (Å²) in [6.45, 7) is 8.48. The smallest absolute Gasteiger partial charge is 0.136 e. The molecule has 2 fully saturated rings. The number of piperidine rings is 1. The highest BCUT2D eigenvalue weighted by Gasteiger charge is 2.49. The van der Waals surface area contributed by atoms with Gasteiger partial charge in [-0.3, -0.25) is 9.63 Å². The van der Waals surface area contributed by atoms with Gasteiger partial charge >= 0.3 is 0 Å². The van der Waals surface area contributed by atoms with E-state index in [1.165, 1.54) is 6.42 Å². The van der Waals surface area contributed by atoms with E-state index in [4.69, 9.17) is 4.84 Å². The Morgan fingerprint density at radius 3 is 2.21 bits per heavy atom. The zero-order chi connectivity index (χ0) is 13.8. The number of nitrogens with zero attached hydrogens (tertiary/aromatic N) is 1. The van der Waals surface area contributed by atoms with Crippen molar-refractivity contribution < 1.29 is 9.63 Å². The highest BCUT2D eigenvalue weighted by molar-refractivity contribution is 5.81. The van der Waals surface area contributed by atoms with E-state index in [1.54, 1.807) is 0 Å². The third-order valence-corrected chi connectivity index (χ3v) is 4.82. The van der Waals surface area contributed by atoms with Crippen molar-refractivity contribution in [2.45, 2.75) is 70.6 Å². The van der Waals surface area contributed by atoms with Gasteiger partial charge in [0.15, 0.2) is 0 Å². The molecule has 0 aromatic heterocycles. The quantitative estimate of drug-likeness (QED) is 0.717. The van der Waals surface area contributed by atoms with Gasteiger partial charge in [-0.25, -0.2) is 0 Å². The van der Waals surface area contributed by atoms with Crippen molar-refractivity contribution in [3.63, 3.8) is 0 Å². The van der Waals surface area contributed by atoms with E-state index >= 15 is 0 Å². The lowest BCUT2D eigenvalue weighted by molar-refractivity contribution is -0.302. The molecule has 0 aromatic carbocycles. The number of rotatable bonds is 2. The van der Waals surface area contributed by atoms with Crippen molar-refractivity contribution in [1.29, 1.82) is 0 Å². The largest absolute Gasteiger partial charge is 0.300 e. The molecule has 3 unspecified atom stereocenters. The van der Waals surface area contributed by atoms with Crippen LogP contribution in [0.5, 0.6) is 0 Å². The molecule has 3 heteroatoms. The van der Waals surface area contributed by atoms with E-state index in [1.807, 2.05) is 0 Å². The van der Waals surface area contributed by atoms with Crippen molar-refractivity contribution in [3.05, 3.63) is 12.2 Å². The first-order chi connectivity index (χ1) is 8.78. The number of hydroxylamine groups is 2. The van der Waals surface area contributed by atoms with Gasteiger partial charge in [-0.15, -0.1) is 0 Å². The van der Waals surface area contributed by atoms with Crippen molar-refractivity contribution >= 4 is 5.78 Å².